The molecule has 0 aliphatic heterocycles. The van der Waals surface area contributed by atoms with Crippen molar-refractivity contribution in [2.45, 2.75) is 6.42 Å². The number of aromatic nitrogens is 1. The van der Waals surface area contributed by atoms with E-state index in [1.54, 1.807) is 24.3 Å². The van der Waals surface area contributed by atoms with Crippen molar-refractivity contribution in [2.75, 3.05) is 24.2 Å². The number of carboxylic acid groups (broad SMARTS) is 1. The third-order valence-corrected chi connectivity index (χ3v) is 3.24. The Labute approximate surface area is 121 Å². The van der Waals surface area contributed by atoms with Gasteiger partial charge in [0.05, 0.1) is 16.9 Å². The lowest BCUT2D eigenvalue weighted by Gasteiger charge is -2.21. The molecule has 0 aliphatic carbocycles. The number of likely N-dealkylation sites (N-methyl/N-ethyl adjacent to an activating group) is 1. The summed E-state index contributed by atoms with van der Waals surface area (Å²) in [6.07, 6.45) is 4.18. The molecule has 0 atom stereocenters. The average molecular weight is 289 g/mol. The fraction of sp³-hybridized carbons (Fsp3) is 0.200. The zero-order valence-electron chi connectivity index (χ0n) is 11.6. The molecular weight excluding hydrogens is 273 g/mol. The van der Waals surface area contributed by atoms with E-state index in [0.717, 1.165) is 24.1 Å². The van der Waals surface area contributed by atoms with Gasteiger partial charge in [-0.25, -0.2) is 9.18 Å². The first-order valence-electron chi connectivity index (χ1n) is 6.41. The number of carbonyl (C=O) groups is 1. The van der Waals surface area contributed by atoms with Crippen molar-refractivity contribution >= 4 is 17.3 Å². The molecule has 0 amide bonds. The van der Waals surface area contributed by atoms with Crippen molar-refractivity contribution < 1.29 is 14.3 Å². The van der Waals surface area contributed by atoms with Crippen molar-refractivity contribution in [3.63, 3.8) is 0 Å². The van der Waals surface area contributed by atoms with E-state index in [4.69, 9.17) is 10.8 Å². The van der Waals surface area contributed by atoms with Gasteiger partial charge >= 0.3 is 5.97 Å². The summed E-state index contributed by atoms with van der Waals surface area (Å²) in [4.78, 5) is 16.6. The van der Waals surface area contributed by atoms with Crippen molar-refractivity contribution in [2.24, 2.45) is 0 Å². The number of rotatable bonds is 5. The number of pyridine rings is 1. The van der Waals surface area contributed by atoms with Crippen LogP contribution >= 0.6 is 0 Å². The maximum Gasteiger partial charge on any atom is 0.338 e. The molecular formula is C15H16FN3O2. The molecule has 1 heterocycles. The van der Waals surface area contributed by atoms with Crippen LogP contribution in [-0.4, -0.2) is 29.7 Å². The number of halogens is 1. The predicted molar refractivity (Wildman–Crippen MR) is 79.0 cm³/mol. The maximum atomic E-state index is 13.7. The van der Waals surface area contributed by atoms with Gasteiger partial charge in [0.25, 0.3) is 0 Å². The number of nitrogens with two attached hydrogens (primary N) is 1. The number of nitrogens with zero attached hydrogens (tertiary/aromatic N) is 2. The van der Waals surface area contributed by atoms with Gasteiger partial charge in [-0.15, -0.1) is 0 Å². The molecule has 21 heavy (non-hydrogen) atoms. The molecule has 0 unspecified atom stereocenters. The fourth-order valence-electron chi connectivity index (χ4n) is 2.04. The molecule has 1 aromatic heterocycles. The maximum absolute atomic E-state index is 13.7. The van der Waals surface area contributed by atoms with Crippen molar-refractivity contribution in [1.29, 1.82) is 0 Å². The lowest BCUT2D eigenvalue weighted by atomic mass is 10.1. The molecule has 0 bridgehead atoms. The van der Waals surface area contributed by atoms with Crippen LogP contribution in [0.15, 0.2) is 36.7 Å². The van der Waals surface area contributed by atoms with Gasteiger partial charge in [-0.1, -0.05) is 0 Å². The Morgan fingerprint density at radius 2 is 2.05 bits per heavy atom. The number of aromatic carboxylic acids is 1. The largest absolute Gasteiger partial charge is 0.478 e. The molecule has 0 saturated carbocycles. The van der Waals surface area contributed by atoms with E-state index in [1.165, 1.54) is 0 Å². The van der Waals surface area contributed by atoms with Crippen LogP contribution < -0.4 is 10.6 Å². The molecule has 6 heteroatoms. The van der Waals surface area contributed by atoms with Crippen LogP contribution in [0.4, 0.5) is 15.8 Å². The second-order valence-electron chi connectivity index (χ2n) is 4.72. The van der Waals surface area contributed by atoms with E-state index in [9.17, 15) is 9.18 Å². The SMILES string of the molecule is CN(CCc1ccncc1)c1cc(F)c(C(=O)O)cc1N. The zero-order valence-corrected chi connectivity index (χ0v) is 11.6. The van der Waals surface area contributed by atoms with Crippen LogP contribution in [0.25, 0.3) is 0 Å². The predicted octanol–water partition coefficient (Wildman–Crippen LogP) is 2.18. The molecule has 0 saturated heterocycles. The summed E-state index contributed by atoms with van der Waals surface area (Å²) in [5.74, 6) is -2.12. The summed E-state index contributed by atoms with van der Waals surface area (Å²) in [5.41, 5.74) is 7.23. The Balaban J connectivity index is 2.14. The van der Waals surface area contributed by atoms with Gasteiger partial charge in [0.1, 0.15) is 5.82 Å². The molecule has 0 spiro atoms. The fourth-order valence-corrected chi connectivity index (χ4v) is 2.04. The second kappa shape index (κ2) is 6.21. The highest BCUT2D eigenvalue weighted by Gasteiger charge is 2.15. The summed E-state index contributed by atoms with van der Waals surface area (Å²) in [5, 5.41) is 8.86. The third kappa shape index (κ3) is 3.47. The first-order chi connectivity index (χ1) is 9.99. The van der Waals surface area contributed by atoms with Crippen LogP contribution in [0.1, 0.15) is 15.9 Å². The Hall–Kier alpha value is -2.63. The Morgan fingerprint density at radius 3 is 2.67 bits per heavy atom. The molecule has 2 rings (SSSR count). The third-order valence-electron chi connectivity index (χ3n) is 3.24. The standard InChI is InChI=1S/C15H16FN3O2/c1-19(7-4-10-2-5-18-6-3-10)14-9-12(16)11(15(20)21)8-13(14)17/h2-3,5-6,8-9H,4,7,17H2,1H3,(H,20,21). The average Bonchev–Trinajstić information content (AvgIpc) is 2.47. The van der Waals surface area contributed by atoms with E-state index < -0.39 is 17.3 Å². The molecule has 5 nitrogen and oxygen atoms in total. The molecule has 110 valence electrons. The molecule has 1 aromatic carbocycles. The highest BCUT2D eigenvalue weighted by molar-refractivity contribution is 5.90. The molecule has 3 N–H and O–H groups in total. The van der Waals surface area contributed by atoms with Crippen LogP contribution in [0.5, 0.6) is 0 Å². The number of hydrogen-bond acceptors (Lipinski definition) is 4. The monoisotopic (exact) mass is 289 g/mol. The molecule has 0 aliphatic rings. The quantitative estimate of drug-likeness (QED) is 0.825. The normalized spacial score (nSPS) is 10.4. The summed E-state index contributed by atoms with van der Waals surface area (Å²) in [7, 11) is 1.78. The minimum atomic E-state index is -1.33. The number of hydrogen-bond donors (Lipinski definition) is 2. The lowest BCUT2D eigenvalue weighted by molar-refractivity contribution is 0.0692. The van der Waals surface area contributed by atoms with Crippen molar-refractivity contribution in [1.82, 2.24) is 4.98 Å². The lowest BCUT2D eigenvalue weighted by Crippen LogP contribution is -2.22. The number of benzene rings is 1. The van der Waals surface area contributed by atoms with Gasteiger partial charge in [0, 0.05) is 32.1 Å². The van der Waals surface area contributed by atoms with Crippen molar-refractivity contribution in [3.05, 3.63) is 53.6 Å². The Morgan fingerprint density at radius 1 is 1.38 bits per heavy atom. The minimum absolute atomic E-state index is 0.242. The van der Waals surface area contributed by atoms with E-state index in [2.05, 4.69) is 4.98 Å². The van der Waals surface area contributed by atoms with E-state index >= 15 is 0 Å². The van der Waals surface area contributed by atoms with Crippen molar-refractivity contribution in [3.8, 4) is 0 Å². The van der Waals surface area contributed by atoms with Gasteiger partial charge in [-0.05, 0) is 30.2 Å². The molecule has 0 fully saturated rings. The zero-order chi connectivity index (χ0) is 15.4. The van der Waals surface area contributed by atoms with E-state index in [-0.39, 0.29) is 5.69 Å². The van der Waals surface area contributed by atoms with Gasteiger partial charge < -0.3 is 15.7 Å². The van der Waals surface area contributed by atoms with Crippen LogP contribution in [0, 0.1) is 5.82 Å². The highest BCUT2D eigenvalue weighted by atomic mass is 19.1. The number of carboxylic acids is 1. The second-order valence-corrected chi connectivity index (χ2v) is 4.72. The van der Waals surface area contributed by atoms with Gasteiger partial charge in [0.2, 0.25) is 0 Å². The summed E-state index contributed by atoms with van der Waals surface area (Å²) in [6.45, 7) is 0.625. The molecule has 2 aromatic rings. The van der Waals surface area contributed by atoms with E-state index in [0.29, 0.717) is 12.2 Å². The van der Waals surface area contributed by atoms with Gasteiger partial charge in [-0.2, -0.15) is 0 Å². The smallest absolute Gasteiger partial charge is 0.338 e. The van der Waals surface area contributed by atoms with E-state index in [1.807, 2.05) is 12.1 Å². The summed E-state index contributed by atoms with van der Waals surface area (Å²) >= 11 is 0. The van der Waals surface area contributed by atoms with Crippen LogP contribution in [0.3, 0.4) is 0 Å². The Kier molecular flexibility index (Phi) is 4.37. The number of anilines is 2. The first-order valence-corrected chi connectivity index (χ1v) is 6.41. The summed E-state index contributed by atoms with van der Waals surface area (Å²) in [6, 6.07) is 6.12. The minimum Gasteiger partial charge on any atom is -0.478 e. The summed E-state index contributed by atoms with van der Waals surface area (Å²) < 4.78 is 13.7. The van der Waals surface area contributed by atoms with Crippen LogP contribution in [0.2, 0.25) is 0 Å². The first kappa shape index (κ1) is 14.8. The highest BCUT2D eigenvalue weighted by Crippen LogP contribution is 2.26. The molecule has 0 radical (unpaired) electrons. The topological polar surface area (TPSA) is 79.5 Å². The van der Waals surface area contributed by atoms with Gasteiger partial charge in [0.15, 0.2) is 0 Å². The van der Waals surface area contributed by atoms with Crippen LogP contribution in [-0.2, 0) is 6.42 Å². The van der Waals surface area contributed by atoms with Gasteiger partial charge in [-0.3, -0.25) is 4.98 Å². The Bertz CT molecular complexity index is 647. The number of nitrogen functional groups attached to an aromatic ring is 1.